The molecule has 0 unspecified atom stereocenters. The summed E-state index contributed by atoms with van der Waals surface area (Å²) in [6.07, 6.45) is -0.110. The van der Waals surface area contributed by atoms with Crippen LogP contribution in [0.1, 0.15) is 33.6 Å². The number of hydrogen-bond donors (Lipinski definition) is 2. The van der Waals surface area contributed by atoms with Crippen molar-refractivity contribution in [2.24, 2.45) is 0 Å². The number of amides is 1. The van der Waals surface area contributed by atoms with E-state index in [1.807, 2.05) is 0 Å². The molecule has 0 bridgehead atoms. The van der Waals surface area contributed by atoms with Gasteiger partial charge in [0.1, 0.15) is 18.2 Å². The van der Waals surface area contributed by atoms with Gasteiger partial charge in [-0.15, -0.1) is 0 Å². The molecule has 0 aliphatic rings. The van der Waals surface area contributed by atoms with E-state index in [4.69, 9.17) is 9.84 Å². The maximum absolute atomic E-state index is 11.4. The van der Waals surface area contributed by atoms with Crippen molar-refractivity contribution in [3.05, 3.63) is 0 Å². The van der Waals surface area contributed by atoms with E-state index in [1.54, 1.807) is 20.8 Å². The minimum absolute atomic E-state index is 0.0281. The predicted molar refractivity (Wildman–Crippen MR) is 66.5 cm³/mol. The molecule has 0 fully saturated rings. The predicted octanol–water partition coefficient (Wildman–Crippen LogP) is 0.324. The van der Waals surface area contributed by atoms with Gasteiger partial charge in [-0.25, -0.2) is 4.79 Å². The van der Waals surface area contributed by atoms with Crippen molar-refractivity contribution in [3.8, 4) is 0 Å². The van der Waals surface area contributed by atoms with Crippen LogP contribution in [0.5, 0.6) is 0 Å². The molecule has 0 aliphatic heterocycles. The number of rotatable bonds is 7. The number of esters is 1. The third-order valence-electron chi connectivity index (χ3n) is 1.97. The van der Waals surface area contributed by atoms with Crippen LogP contribution in [0.25, 0.3) is 0 Å². The molecule has 0 spiro atoms. The maximum Gasteiger partial charge on any atom is 0.326 e. The Morgan fingerprint density at radius 2 is 1.84 bits per heavy atom. The molecular formula is C12H21NO6. The zero-order valence-electron chi connectivity index (χ0n) is 11.7. The maximum atomic E-state index is 11.4. The van der Waals surface area contributed by atoms with Crippen molar-refractivity contribution in [2.45, 2.75) is 45.3 Å². The van der Waals surface area contributed by atoms with Gasteiger partial charge in [0, 0.05) is 13.5 Å². The van der Waals surface area contributed by atoms with Crippen molar-refractivity contribution in [2.75, 3.05) is 13.7 Å². The van der Waals surface area contributed by atoms with Crippen molar-refractivity contribution in [1.82, 2.24) is 5.32 Å². The van der Waals surface area contributed by atoms with Crippen LogP contribution >= 0.6 is 0 Å². The molecule has 1 amide bonds. The summed E-state index contributed by atoms with van der Waals surface area (Å²) in [5.74, 6) is -2.24. The fourth-order valence-corrected chi connectivity index (χ4v) is 1.28. The van der Waals surface area contributed by atoms with Crippen molar-refractivity contribution in [3.63, 3.8) is 0 Å². The van der Waals surface area contributed by atoms with Crippen LogP contribution in [0.15, 0.2) is 0 Å². The van der Waals surface area contributed by atoms with Gasteiger partial charge in [0.25, 0.3) is 0 Å². The van der Waals surface area contributed by atoms with E-state index < -0.39 is 29.5 Å². The third-order valence-corrected chi connectivity index (χ3v) is 1.97. The van der Waals surface area contributed by atoms with Gasteiger partial charge in [0.15, 0.2) is 0 Å². The van der Waals surface area contributed by atoms with Gasteiger partial charge < -0.3 is 19.9 Å². The van der Waals surface area contributed by atoms with E-state index in [-0.39, 0.29) is 19.4 Å². The molecule has 110 valence electrons. The first-order valence-electron chi connectivity index (χ1n) is 5.88. The van der Waals surface area contributed by atoms with Crippen LogP contribution in [0.4, 0.5) is 0 Å². The Morgan fingerprint density at radius 1 is 1.26 bits per heavy atom. The molecule has 2 N–H and O–H groups in total. The van der Waals surface area contributed by atoms with Gasteiger partial charge in [-0.1, -0.05) is 0 Å². The number of hydrogen-bond acceptors (Lipinski definition) is 5. The molecule has 0 heterocycles. The standard InChI is InChI=1S/C12H21NO6/c1-12(2,3)19-10(15)6-5-8(11(16)17)13-9(14)7-18-4/h8H,5-7H2,1-4H3,(H,13,14)(H,16,17)/t8-/m1/s1. The van der Waals surface area contributed by atoms with Crippen LogP contribution in [0, 0.1) is 0 Å². The van der Waals surface area contributed by atoms with Crippen LogP contribution < -0.4 is 5.32 Å². The molecule has 0 saturated heterocycles. The normalized spacial score (nSPS) is 12.6. The first-order valence-corrected chi connectivity index (χ1v) is 5.88. The highest BCUT2D eigenvalue weighted by molar-refractivity contribution is 5.84. The fraction of sp³-hybridized carbons (Fsp3) is 0.750. The Morgan fingerprint density at radius 3 is 2.26 bits per heavy atom. The first kappa shape index (κ1) is 17.4. The zero-order valence-corrected chi connectivity index (χ0v) is 11.7. The smallest absolute Gasteiger partial charge is 0.326 e. The van der Waals surface area contributed by atoms with Gasteiger partial charge in [-0.05, 0) is 27.2 Å². The monoisotopic (exact) mass is 275 g/mol. The third kappa shape index (κ3) is 9.01. The molecule has 7 heteroatoms. The second-order valence-corrected chi connectivity index (χ2v) is 5.02. The van der Waals surface area contributed by atoms with Crippen LogP contribution in [-0.2, 0) is 23.9 Å². The van der Waals surface area contributed by atoms with E-state index in [2.05, 4.69) is 10.1 Å². The minimum atomic E-state index is -1.20. The second-order valence-electron chi connectivity index (χ2n) is 5.02. The number of carboxylic acids is 1. The molecular weight excluding hydrogens is 254 g/mol. The highest BCUT2D eigenvalue weighted by Gasteiger charge is 2.23. The largest absolute Gasteiger partial charge is 0.480 e. The lowest BCUT2D eigenvalue weighted by Crippen LogP contribution is -2.42. The molecule has 0 radical (unpaired) electrons. The zero-order chi connectivity index (χ0) is 15.1. The van der Waals surface area contributed by atoms with Crippen molar-refractivity contribution >= 4 is 17.8 Å². The molecule has 1 atom stereocenters. The summed E-state index contributed by atoms with van der Waals surface area (Å²) >= 11 is 0. The van der Waals surface area contributed by atoms with Gasteiger partial charge in [-0.2, -0.15) is 0 Å². The number of carbonyl (C=O) groups excluding carboxylic acids is 2. The number of methoxy groups -OCH3 is 1. The average molecular weight is 275 g/mol. The van der Waals surface area contributed by atoms with E-state index in [0.717, 1.165) is 0 Å². The molecule has 0 saturated carbocycles. The van der Waals surface area contributed by atoms with Crippen molar-refractivity contribution in [1.29, 1.82) is 0 Å². The lowest BCUT2D eigenvalue weighted by atomic mass is 10.1. The summed E-state index contributed by atoms with van der Waals surface area (Å²) in [4.78, 5) is 33.6. The Bertz CT molecular complexity index is 334. The van der Waals surface area contributed by atoms with Gasteiger partial charge >= 0.3 is 11.9 Å². The first-order chi connectivity index (χ1) is 8.65. The van der Waals surface area contributed by atoms with Crippen LogP contribution in [-0.4, -0.2) is 48.3 Å². The van der Waals surface area contributed by atoms with Crippen molar-refractivity contribution < 1.29 is 29.0 Å². The molecule has 0 aromatic carbocycles. The molecule has 7 nitrogen and oxygen atoms in total. The van der Waals surface area contributed by atoms with Gasteiger partial charge in [-0.3, -0.25) is 9.59 Å². The summed E-state index contributed by atoms with van der Waals surface area (Å²) in [5.41, 5.74) is -0.616. The molecule has 0 aromatic rings. The number of ether oxygens (including phenoxy) is 2. The van der Waals surface area contributed by atoms with E-state index in [1.165, 1.54) is 7.11 Å². The van der Waals surface area contributed by atoms with E-state index in [0.29, 0.717) is 0 Å². The average Bonchev–Trinajstić information content (AvgIpc) is 2.21. The summed E-state index contributed by atoms with van der Waals surface area (Å²) in [6.45, 7) is 4.94. The molecule has 0 aliphatic carbocycles. The summed E-state index contributed by atoms with van der Waals surface area (Å²) in [6, 6.07) is -1.13. The van der Waals surface area contributed by atoms with E-state index >= 15 is 0 Å². The topological polar surface area (TPSA) is 102 Å². The van der Waals surface area contributed by atoms with Gasteiger partial charge in [0.05, 0.1) is 0 Å². The Kier molecular flexibility index (Phi) is 7.06. The minimum Gasteiger partial charge on any atom is -0.480 e. The fourth-order valence-electron chi connectivity index (χ4n) is 1.28. The summed E-state index contributed by atoms with van der Waals surface area (Å²) in [7, 11) is 1.33. The summed E-state index contributed by atoms with van der Waals surface area (Å²) in [5, 5.41) is 11.2. The second kappa shape index (κ2) is 7.73. The number of carbonyl (C=O) groups is 3. The Labute approximate surface area is 112 Å². The summed E-state index contributed by atoms with van der Waals surface area (Å²) < 4.78 is 9.63. The van der Waals surface area contributed by atoms with Crippen LogP contribution in [0.2, 0.25) is 0 Å². The highest BCUT2D eigenvalue weighted by Crippen LogP contribution is 2.10. The highest BCUT2D eigenvalue weighted by atomic mass is 16.6. The van der Waals surface area contributed by atoms with Crippen LogP contribution in [0.3, 0.4) is 0 Å². The Hall–Kier alpha value is -1.63. The number of carboxylic acid groups (broad SMARTS) is 1. The lowest BCUT2D eigenvalue weighted by Gasteiger charge is -2.20. The quantitative estimate of drug-likeness (QED) is 0.649. The van der Waals surface area contributed by atoms with Gasteiger partial charge in [0.2, 0.25) is 5.91 Å². The number of nitrogens with one attached hydrogen (secondary N) is 1. The lowest BCUT2D eigenvalue weighted by molar-refractivity contribution is -0.155. The number of aliphatic carboxylic acids is 1. The molecule has 19 heavy (non-hydrogen) atoms. The Balaban J connectivity index is 4.26. The SMILES string of the molecule is COCC(=O)N[C@H](CCC(=O)OC(C)(C)C)C(=O)O. The van der Waals surface area contributed by atoms with E-state index in [9.17, 15) is 14.4 Å². The molecule has 0 rings (SSSR count). The molecule has 0 aromatic heterocycles.